The summed E-state index contributed by atoms with van der Waals surface area (Å²) in [5, 5.41) is 12.7. The van der Waals surface area contributed by atoms with Crippen molar-refractivity contribution >= 4 is 51.8 Å². The predicted molar refractivity (Wildman–Crippen MR) is 153 cm³/mol. The highest BCUT2D eigenvalue weighted by Gasteiger charge is 2.40. The molecule has 11 heteroatoms. The summed E-state index contributed by atoms with van der Waals surface area (Å²) in [7, 11) is 0. The monoisotopic (exact) mass is 567 g/mol. The lowest BCUT2D eigenvalue weighted by molar-refractivity contribution is -0.143. The van der Waals surface area contributed by atoms with Crippen LogP contribution >= 0.6 is 0 Å². The van der Waals surface area contributed by atoms with E-state index in [2.05, 4.69) is 16.4 Å². The molecule has 4 amide bonds. The van der Waals surface area contributed by atoms with Crippen LogP contribution in [0.2, 0.25) is 0 Å². The van der Waals surface area contributed by atoms with E-state index in [4.69, 9.17) is 4.74 Å². The first-order chi connectivity index (χ1) is 20.3. The van der Waals surface area contributed by atoms with Crippen molar-refractivity contribution in [1.29, 1.82) is 5.26 Å². The first-order valence-electron chi connectivity index (χ1n) is 13.7. The molecule has 2 fully saturated rings. The number of urea groups is 1. The molecule has 0 aliphatic carbocycles. The van der Waals surface area contributed by atoms with Gasteiger partial charge in [-0.1, -0.05) is 42.5 Å². The third-order valence-corrected chi connectivity index (χ3v) is 7.52. The molecule has 2 aromatic carbocycles. The predicted octanol–water partition coefficient (Wildman–Crippen LogP) is 3.72. The molecule has 3 aromatic rings. The third-order valence-electron chi connectivity index (χ3n) is 7.52. The van der Waals surface area contributed by atoms with Gasteiger partial charge in [0.05, 0.1) is 35.0 Å². The fourth-order valence-electron chi connectivity index (χ4n) is 5.40. The summed E-state index contributed by atoms with van der Waals surface area (Å²) in [4.78, 5) is 69.6. The quantitative estimate of drug-likeness (QED) is 0.138. The number of H-pyrrole nitrogens is 1. The maximum Gasteiger partial charge on any atom is 0.329 e. The lowest BCUT2D eigenvalue weighted by Crippen LogP contribution is -2.40. The van der Waals surface area contributed by atoms with Crippen molar-refractivity contribution in [1.82, 2.24) is 15.2 Å². The van der Waals surface area contributed by atoms with Crippen molar-refractivity contribution in [2.75, 3.05) is 24.6 Å². The number of hydrogen-bond donors (Lipinski definition) is 2. The summed E-state index contributed by atoms with van der Waals surface area (Å²) in [5.74, 6) is -2.36. The number of carbonyl (C=O) groups is 5. The average Bonchev–Trinajstić information content (AvgIpc) is 3.57. The Bertz CT molecular complexity index is 1640. The number of nitrogens with one attached hydrogen (secondary N) is 2. The van der Waals surface area contributed by atoms with E-state index in [-0.39, 0.29) is 30.7 Å². The number of nitriles is 1. The molecule has 0 unspecified atom stereocenters. The van der Waals surface area contributed by atoms with Gasteiger partial charge in [0.2, 0.25) is 0 Å². The summed E-state index contributed by atoms with van der Waals surface area (Å²) in [5.41, 5.74) is 3.10. The number of rotatable bonds is 8. The molecule has 42 heavy (non-hydrogen) atoms. The Hall–Kier alpha value is -5.24. The smallest absolute Gasteiger partial charge is 0.329 e. The fraction of sp³-hybridized carbons (Fsp3) is 0.290. The molecule has 2 saturated heterocycles. The number of benzene rings is 2. The van der Waals surface area contributed by atoms with Crippen LogP contribution in [0.1, 0.15) is 48.5 Å². The van der Waals surface area contributed by atoms with E-state index in [0.29, 0.717) is 42.4 Å². The van der Waals surface area contributed by atoms with Gasteiger partial charge in [-0.3, -0.25) is 19.2 Å². The molecule has 1 atom stereocenters. The maximum absolute atomic E-state index is 13.3. The van der Waals surface area contributed by atoms with Gasteiger partial charge in [-0.2, -0.15) is 5.26 Å². The SMILES string of the molecule is CCOC(=O)CC[C@@H]1NC(=O)N(c2cccc3c(C(=O)C(=O)N4CCC(=C(C#N)c5ccccc5)CC4)c[nH]c23)C1=O. The Morgan fingerprint density at radius 2 is 1.79 bits per heavy atom. The number of anilines is 1. The van der Waals surface area contributed by atoms with Crippen molar-refractivity contribution in [3.8, 4) is 6.07 Å². The van der Waals surface area contributed by atoms with Crippen LogP contribution in [0.5, 0.6) is 0 Å². The van der Waals surface area contributed by atoms with Crippen LogP contribution < -0.4 is 10.2 Å². The first kappa shape index (κ1) is 28.3. The lowest BCUT2D eigenvalue weighted by Gasteiger charge is -2.28. The molecule has 0 saturated carbocycles. The Morgan fingerprint density at radius 1 is 1.05 bits per heavy atom. The molecule has 0 radical (unpaired) electrons. The molecule has 5 rings (SSSR count). The second-order valence-electron chi connectivity index (χ2n) is 10.00. The zero-order chi connectivity index (χ0) is 29.8. The lowest BCUT2D eigenvalue weighted by atomic mass is 9.93. The van der Waals surface area contributed by atoms with Gasteiger partial charge >= 0.3 is 12.0 Å². The minimum atomic E-state index is -0.892. The van der Waals surface area contributed by atoms with Gasteiger partial charge in [0.1, 0.15) is 6.04 Å². The van der Waals surface area contributed by atoms with Crippen LogP contribution in [0.3, 0.4) is 0 Å². The van der Waals surface area contributed by atoms with Crippen molar-refractivity contribution in [2.24, 2.45) is 0 Å². The van der Waals surface area contributed by atoms with E-state index in [1.807, 2.05) is 30.3 Å². The second-order valence-corrected chi connectivity index (χ2v) is 10.00. The van der Waals surface area contributed by atoms with Gasteiger partial charge in [0.25, 0.3) is 17.6 Å². The highest BCUT2D eigenvalue weighted by Crippen LogP contribution is 2.32. The Morgan fingerprint density at radius 3 is 2.48 bits per heavy atom. The van der Waals surface area contributed by atoms with Gasteiger partial charge in [-0.25, -0.2) is 9.69 Å². The minimum absolute atomic E-state index is 0.0241. The number of allylic oxidation sites excluding steroid dienone is 1. The van der Waals surface area contributed by atoms with E-state index >= 15 is 0 Å². The number of ether oxygens (including phenoxy) is 1. The van der Waals surface area contributed by atoms with E-state index < -0.39 is 35.6 Å². The summed E-state index contributed by atoms with van der Waals surface area (Å²) >= 11 is 0. The van der Waals surface area contributed by atoms with Gasteiger partial charge in [-0.15, -0.1) is 0 Å². The number of aromatic amines is 1. The molecule has 0 spiro atoms. The molecule has 2 aliphatic heterocycles. The maximum atomic E-state index is 13.3. The van der Waals surface area contributed by atoms with Crippen LogP contribution in [0.15, 0.2) is 60.3 Å². The van der Waals surface area contributed by atoms with Crippen LogP contribution in [0.4, 0.5) is 10.5 Å². The number of ketones is 1. The van der Waals surface area contributed by atoms with Crippen LogP contribution in [0, 0.1) is 11.3 Å². The number of Topliss-reactive ketones (excluding diaryl/α,β-unsaturated/α-hetero) is 1. The molecule has 0 bridgehead atoms. The van der Waals surface area contributed by atoms with Gasteiger partial charge in [0.15, 0.2) is 0 Å². The van der Waals surface area contributed by atoms with Crippen molar-refractivity contribution < 1.29 is 28.7 Å². The number of esters is 1. The largest absolute Gasteiger partial charge is 0.466 e. The first-order valence-corrected chi connectivity index (χ1v) is 13.7. The third kappa shape index (κ3) is 5.39. The molecule has 2 aliphatic rings. The fourth-order valence-corrected chi connectivity index (χ4v) is 5.40. The number of amides is 4. The van der Waals surface area contributed by atoms with Crippen LogP contribution in [-0.2, 0) is 19.1 Å². The summed E-state index contributed by atoms with van der Waals surface area (Å²) in [6, 6.07) is 14.9. The summed E-state index contributed by atoms with van der Waals surface area (Å²) in [6.45, 7) is 2.52. The van der Waals surface area contributed by atoms with Crippen LogP contribution in [0.25, 0.3) is 16.5 Å². The van der Waals surface area contributed by atoms with Crippen molar-refractivity contribution in [3.63, 3.8) is 0 Å². The number of carbonyl (C=O) groups excluding carboxylic acids is 5. The number of likely N-dealkylation sites (tertiary alicyclic amines) is 1. The molecule has 214 valence electrons. The molecule has 2 N–H and O–H groups in total. The number of piperidine rings is 1. The highest BCUT2D eigenvalue weighted by molar-refractivity contribution is 6.45. The Balaban J connectivity index is 1.31. The van der Waals surface area contributed by atoms with Crippen molar-refractivity contribution in [3.05, 3.63) is 71.4 Å². The zero-order valence-electron chi connectivity index (χ0n) is 23.0. The second kappa shape index (κ2) is 12.1. The number of nitrogens with zero attached hydrogens (tertiary/aromatic N) is 3. The van der Waals surface area contributed by atoms with E-state index in [1.54, 1.807) is 25.1 Å². The topological polar surface area (TPSA) is 153 Å². The molecule has 11 nitrogen and oxygen atoms in total. The molecule has 1 aromatic heterocycles. The number of aromatic nitrogens is 1. The Kier molecular flexibility index (Phi) is 8.15. The molecule has 3 heterocycles. The van der Waals surface area contributed by atoms with E-state index in [1.165, 1.54) is 11.1 Å². The number of hydrogen-bond acceptors (Lipinski definition) is 7. The van der Waals surface area contributed by atoms with Crippen LogP contribution in [-0.4, -0.2) is 65.2 Å². The van der Waals surface area contributed by atoms with Crippen molar-refractivity contribution in [2.45, 2.75) is 38.6 Å². The van der Waals surface area contributed by atoms with E-state index in [9.17, 15) is 29.2 Å². The number of fused-ring (bicyclic) bond motifs is 1. The average molecular weight is 568 g/mol. The van der Waals surface area contributed by atoms with Gasteiger partial charge in [-0.05, 0) is 43.4 Å². The minimum Gasteiger partial charge on any atom is -0.466 e. The summed E-state index contributed by atoms with van der Waals surface area (Å²) in [6.07, 6.45) is 2.44. The zero-order valence-corrected chi connectivity index (χ0v) is 23.0. The van der Waals surface area contributed by atoms with Gasteiger partial charge in [0, 0.05) is 31.1 Å². The molecular weight excluding hydrogens is 538 g/mol. The number of imide groups is 1. The van der Waals surface area contributed by atoms with E-state index in [0.717, 1.165) is 16.0 Å². The number of para-hydroxylation sites is 1. The molecular formula is C31H29N5O6. The summed E-state index contributed by atoms with van der Waals surface area (Å²) < 4.78 is 4.90. The standard InChI is InChI=1S/C31H29N5O6/c1-2-42-26(37)12-11-24-29(39)36(31(41)34-24)25-10-6-9-21-23(18-33-27(21)25)28(38)30(40)35-15-13-20(14-16-35)22(17-32)19-7-4-3-5-8-19/h3-10,18,24,33H,2,11-16H2,1H3,(H,34,41)/t24-/m0/s1. The normalized spacial score (nSPS) is 16.8. The Labute approximate surface area is 241 Å². The van der Waals surface area contributed by atoms with Gasteiger partial charge < -0.3 is 19.9 Å². The highest BCUT2D eigenvalue weighted by atomic mass is 16.5.